The van der Waals surface area contributed by atoms with E-state index in [-0.39, 0.29) is 12.2 Å². The van der Waals surface area contributed by atoms with Crippen LogP contribution >= 0.6 is 22.9 Å². The standard InChI is InChI=1S/C19H12ClN3O3S/c1-2-11-22-16-9-6-14(20)12-17(16)27-19(22)21-18(24)10-5-13-3-7-15(8-4-13)23(25)26/h1,3-10,12H,11H2/b10-5-,21-19?. The van der Waals surface area contributed by atoms with Crippen LogP contribution in [0.2, 0.25) is 5.02 Å². The second-order valence-corrected chi connectivity index (χ2v) is 6.86. The van der Waals surface area contributed by atoms with Gasteiger partial charge in [0.1, 0.15) is 0 Å². The van der Waals surface area contributed by atoms with Crippen molar-refractivity contribution in [1.82, 2.24) is 4.57 Å². The Labute approximate surface area is 163 Å². The highest BCUT2D eigenvalue weighted by Crippen LogP contribution is 2.21. The smallest absolute Gasteiger partial charge is 0.272 e. The van der Waals surface area contributed by atoms with Gasteiger partial charge >= 0.3 is 0 Å². The summed E-state index contributed by atoms with van der Waals surface area (Å²) >= 11 is 7.34. The van der Waals surface area contributed by atoms with E-state index in [1.165, 1.54) is 29.5 Å². The van der Waals surface area contributed by atoms with Crippen LogP contribution in [0, 0.1) is 22.5 Å². The highest BCUT2D eigenvalue weighted by Gasteiger charge is 2.07. The number of carbonyl (C=O) groups excluding carboxylic acids is 1. The van der Waals surface area contributed by atoms with E-state index in [1.807, 2.05) is 6.07 Å². The van der Waals surface area contributed by atoms with Crippen molar-refractivity contribution in [3.63, 3.8) is 0 Å². The zero-order chi connectivity index (χ0) is 19.4. The minimum Gasteiger partial charge on any atom is -0.305 e. The molecule has 0 spiro atoms. The van der Waals surface area contributed by atoms with Crippen LogP contribution in [0.1, 0.15) is 5.56 Å². The number of nitro benzene ring substituents is 1. The lowest BCUT2D eigenvalue weighted by atomic mass is 10.2. The number of thiazole rings is 1. The molecule has 0 saturated carbocycles. The number of terminal acetylenes is 1. The predicted octanol–water partition coefficient (Wildman–Crippen LogP) is 4.04. The van der Waals surface area contributed by atoms with E-state index < -0.39 is 10.8 Å². The molecule has 0 unspecified atom stereocenters. The number of non-ortho nitro benzene ring substituents is 1. The van der Waals surface area contributed by atoms with Crippen molar-refractivity contribution in [2.45, 2.75) is 6.54 Å². The van der Waals surface area contributed by atoms with E-state index in [1.54, 1.807) is 34.9 Å². The summed E-state index contributed by atoms with van der Waals surface area (Å²) in [6.07, 6.45) is 8.28. The first-order chi connectivity index (χ1) is 13.0. The molecular weight excluding hydrogens is 386 g/mol. The number of nitrogens with zero attached hydrogens (tertiary/aromatic N) is 3. The number of rotatable bonds is 4. The molecular formula is C19H12ClN3O3S. The Bertz CT molecular complexity index is 1170. The first-order valence-electron chi connectivity index (χ1n) is 7.71. The summed E-state index contributed by atoms with van der Waals surface area (Å²) in [6.45, 7) is 0.278. The van der Waals surface area contributed by atoms with Crippen molar-refractivity contribution >= 4 is 50.8 Å². The maximum Gasteiger partial charge on any atom is 0.272 e. The minimum atomic E-state index is -0.480. The van der Waals surface area contributed by atoms with Gasteiger partial charge in [-0.1, -0.05) is 28.9 Å². The molecule has 6 nitrogen and oxygen atoms in total. The van der Waals surface area contributed by atoms with Gasteiger partial charge in [0.2, 0.25) is 0 Å². The molecule has 1 aromatic heterocycles. The highest BCUT2D eigenvalue weighted by atomic mass is 35.5. The molecule has 0 aliphatic carbocycles. The van der Waals surface area contributed by atoms with Crippen molar-refractivity contribution in [2.75, 3.05) is 0 Å². The zero-order valence-corrected chi connectivity index (χ0v) is 15.4. The highest BCUT2D eigenvalue weighted by molar-refractivity contribution is 7.16. The summed E-state index contributed by atoms with van der Waals surface area (Å²) in [5.41, 5.74) is 1.50. The van der Waals surface area contributed by atoms with Crippen LogP contribution in [0.25, 0.3) is 16.3 Å². The van der Waals surface area contributed by atoms with Crippen LogP contribution in [-0.2, 0) is 11.3 Å². The molecule has 8 heteroatoms. The topological polar surface area (TPSA) is 77.5 Å². The lowest BCUT2D eigenvalue weighted by Crippen LogP contribution is -2.15. The monoisotopic (exact) mass is 397 g/mol. The van der Waals surface area contributed by atoms with Crippen LogP contribution in [0.3, 0.4) is 0 Å². The normalized spacial score (nSPS) is 11.8. The fourth-order valence-corrected chi connectivity index (χ4v) is 3.69. The molecule has 0 aliphatic heterocycles. The van der Waals surface area contributed by atoms with Crippen LogP contribution in [0.5, 0.6) is 0 Å². The van der Waals surface area contributed by atoms with E-state index in [0.717, 1.165) is 10.2 Å². The number of aromatic nitrogens is 1. The van der Waals surface area contributed by atoms with Gasteiger partial charge < -0.3 is 4.57 Å². The van der Waals surface area contributed by atoms with Crippen molar-refractivity contribution in [2.24, 2.45) is 4.99 Å². The van der Waals surface area contributed by atoms with Gasteiger partial charge in [-0.25, -0.2) is 0 Å². The third-order valence-corrected chi connectivity index (χ3v) is 4.90. The summed E-state index contributed by atoms with van der Waals surface area (Å²) in [4.78, 5) is 27.0. The Morgan fingerprint density at radius 2 is 2.07 bits per heavy atom. The number of nitro groups is 1. The Morgan fingerprint density at radius 3 is 2.74 bits per heavy atom. The lowest BCUT2D eigenvalue weighted by Gasteiger charge is -1.99. The van der Waals surface area contributed by atoms with Gasteiger partial charge in [0.25, 0.3) is 11.6 Å². The van der Waals surface area contributed by atoms with Crippen molar-refractivity contribution in [3.8, 4) is 12.3 Å². The number of fused-ring (bicyclic) bond motifs is 1. The fraction of sp³-hybridized carbons (Fsp3) is 0.0526. The van der Waals surface area contributed by atoms with Gasteiger partial charge in [-0.05, 0) is 42.0 Å². The second-order valence-electron chi connectivity index (χ2n) is 5.42. The first-order valence-corrected chi connectivity index (χ1v) is 8.91. The molecule has 0 fully saturated rings. The summed E-state index contributed by atoms with van der Waals surface area (Å²) in [7, 11) is 0. The Hall–Kier alpha value is -3.21. The van der Waals surface area contributed by atoms with Crippen molar-refractivity contribution < 1.29 is 9.72 Å². The van der Waals surface area contributed by atoms with E-state index in [0.29, 0.717) is 15.4 Å². The summed E-state index contributed by atoms with van der Waals surface area (Å²) in [5.74, 6) is 2.09. The number of benzene rings is 2. The molecule has 0 bridgehead atoms. The van der Waals surface area contributed by atoms with Crippen molar-refractivity contribution in [3.05, 3.63) is 74.0 Å². The van der Waals surface area contributed by atoms with E-state index in [4.69, 9.17) is 18.0 Å². The van der Waals surface area contributed by atoms with Crippen LogP contribution in [-0.4, -0.2) is 15.4 Å². The Morgan fingerprint density at radius 1 is 1.33 bits per heavy atom. The molecule has 0 saturated heterocycles. The number of carbonyl (C=O) groups is 1. The van der Waals surface area contributed by atoms with Gasteiger partial charge in [0.05, 0.1) is 21.7 Å². The van der Waals surface area contributed by atoms with Crippen molar-refractivity contribution in [1.29, 1.82) is 0 Å². The third-order valence-electron chi connectivity index (χ3n) is 3.62. The molecule has 0 radical (unpaired) electrons. The average molecular weight is 398 g/mol. The molecule has 27 heavy (non-hydrogen) atoms. The minimum absolute atomic E-state index is 0.0116. The maximum absolute atomic E-state index is 12.2. The van der Waals surface area contributed by atoms with E-state index >= 15 is 0 Å². The lowest BCUT2D eigenvalue weighted by molar-refractivity contribution is -0.384. The number of amides is 1. The molecule has 134 valence electrons. The zero-order valence-electron chi connectivity index (χ0n) is 13.8. The van der Waals surface area contributed by atoms with E-state index in [9.17, 15) is 14.9 Å². The number of halogens is 1. The molecule has 3 aromatic rings. The van der Waals surface area contributed by atoms with Gasteiger partial charge in [-0.3, -0.25) is 14.9 Å². The van der Waals surface area contributed by atoms with E-state index in [2.05, 4.69) is 10.9 Å². The summed E-state index contributed by atoms with van der Waals surface area (Å²) < 4.78 is 2.65. The Balaban J connectivity index is 1.91. The average Bonchev–Trinajstić information content (AvgIpc) is 2.97. The maximum atomic E-state index is 12.2. The van der Waals surface area contributed by atoms with Crippen LogP contribution in [0.4, 0.5) is 5.69 Å². The molecule has 0 aliphatic rings. The summed E-state index contributed by atoms with van der Waals surface area (Å²) in [5, 5.41) is 11.2. The number of hydrogen-bond acceptors (Lipinski definition) is 4. The van der Waals surface area contributed by atoms with Crippen LogP contribution in [0.15, 0.2) is 53.5 Å². The quantitative estimate of drug-likeness (QED) is 0.288. The molecule has 2 aromatic carbocycles. The van der Waals surface area contributed by atoms with Crippen LogP contribution < -0.4 is 4.80 Å². The fourth-order valence-electron chi connectivity index (χ4n) is 2.38. The molecule has 3 rings (SSSR count). The summed E-state index contributed by atoms with van der Waals surface area (Å²) in [6, 6.07) is 11.2. The number of hydrogen-bond donors (Lipinski definition) is 0. The molecule has 0 N–H and O–H groups in total. The molecule has 1 heterocycles. The van der Waals surface area contributed by atoms with Gasteiger partial charge in [-0.2, -0.15) is 4.99 Å². The second kappa shape index (κ2) is 7.99. The Kier molecular flexibility index (Phi) is 5.50. The van der Waals surface area contributed by atoms with Gasteiger partial charge in [-0.15, -0.1) is 6.42 Å². The van der Waals surface area contributed by atoms with Gasteiger partial charge in [0, 0.05) is 23.2 Å². The predicted molar refractivity (Wildman–Crippen MR) is 106 cm³/mol. The molecule has 1 amide bonds. The SMILES string of the molecule is C#CCn1c(=NC(=O)/C=C\c2ccc([N+](=O)[O-])cc2)sc2cc(Cl)ccc21. The third kappa shape index (κ3) is 4.31. The van der Waals surface area contributed by atoms with Gasteiger partial charge in [0.15, 0.2) is 4.80 Å². The molecule has 0 atom stereocenters. The first kappa shape index (κ1) is 18.6. The largest absolute Gasteiger partial charge is 0.305 e.